The van der Waals surface area contributed by atoms with Crippen LogP contribution in [0.4, 0.5) is 5.69 Å². The van der Waals surface area contributed by atoms with Gasteiger partial charge >= 0.3 is 0 Å². The van der Waals surface area contributed by atoms with Crippen molar-refractivity contribution in [1.29, 1.82) is 0 Å². The molecule has 0 fully saturated rings. The minimum Gasteiger partial charge on any atom is -0.381 e. The van der Waals surface area contributed by atoms with E-state index in [9.17, 15) is 0 Å². The highest BCUT2D eigenvalue weighted by atomic mass is 15.1. The highest BCUT2D eigenvalue weighted by molar-refractivity contribution is 5.55. The number of nitrogens with zero attached hydrogens (tertiary/aromatic N) is 1. The zero-order chi connectivity index (χ0) is 12.4. The maximum absolute atomic E-state index is 4.06. The van der Waals surface area contributed by atoms with E-state index >= 15 is 0 Å². The molecular formula is C15H19N3. The van der Waals surface area contributed by atoms with Gasteiger partial charge in [-0.1, -0.05) is 12.1 Å². The van der Waals surface area contributed by atoms with Crippen LogP contribution in [0, 0.1) is 6.92 Å². The van der Waals surface area contributed by atoms with Crippen molar-refractivity contribution in [1.82, 2.24) is 10.2 Å². The topological polar surface area (TPSA) is 40.7 Å². The average Bonchev–Trinajstić information content (AvgIpc) is 2.82. The van der Waals surface area contributed by atoms with Gasteiger partial charge < -0.3 is 5.32 Å². The fourth-order valence-corrected chi connectivity index (χ4v) is 2.69. The molecule has 0 atom stereocenters. The van der Waals surface area contributed by atoms with Crippen molar-refractivity contribution in [2.45, 2.75) is 39.2 Å². The lowest BCUT2D eigenvalue weighted by molar-refractivity contribution is 0.686. The third kappa shape index (κ3) is 2.13. The Morgan fingerprint density at radius 3 is 3.00 bits per heavy atom. The molecule has 3 rings (SSSR count). The standard InChI is InChI=1S/C15H19N3/c1-11-13(10-17-18-11)9-16-15-8-4-6-12-5-2-3-7-14(12)15/h4,6,8,10,16H,2-3,5,7,9H2,1H3,(H,17,18). The first-order valence-corrected chi connectivity index (χ1v) is 6.68. The number of aryl methyl sites for hydroxylation is 2. The summed E-state index contributed by atoms with van der Waals surface area (Å²) in [6.45, 7) is 2.91. The summed E-state index contributed by atoms with van der Waals surface area (Å²) < 4.78 is 0. The molecule has 1 aromatic carbocycles. The van der Waals surface area contributed by atoms with Crippen LogP contribution in [-0.2, 0) is 19.4 Å². The number of hydrogen-bond acceptors (Lipinski definition) is 2. The summed E-state index contributed by atoms with van der Waals surface area (Å²) >= 11 is 0. The highest BCUT2D eigenvalue weighted by Gasteiger charge is 2.12. The molecule has 0 saturated heterocycles. The van der Waals surface area contributed by atoms with Gasteiger partial charge in [0, 0.05) is 23.5 Å². The van der Waals surface area contributed by atoms with E-state index in [1.54, 1.807) is 0 Å². The Morgan fingerprint density at radius 1 is 1.28 bits per heavy atom. The Labute approximate surface area is 108 Å². The van der Waals surface area contributed by atoms with Crippen molar-refractivity contribution in [3.63, 3.8) is 0 Å². The van der Waals surface area contributed by atoms with Crippen LogP contribution in [0.5, 0.6) is 0 Å². The number of anilines is 1. The van der Waals surface area contributed by atoms with E-state index in [2.05, 4.69) is 40.6 Å². The van der Waals surface area contributed by atoms with Crippen molar-refractivity contribution in [2.75, 3.05) is 5.32 Å². The van der Waals surface area contributed by atoms with Crippen LogP contribution in [0.25, 0.3) is 0 Å². The second-order valence-corrected chi connectivity index (χ2v) is 5.02. The van der Waals surface area contributed by atoms with Gasteiger partial charge in [-0.3, -0.25) is 5.10 Å². The first kappa shape index (κ1) is 11.3. The fraction of sp³-hybridized carbons (Fsp3) is 0.400. The summed E-state index contributed by atoms with van der Waals surface area (Å²) in [6, 6.07) is 6.62. The van der Waals surface area contributed by atoms with Gasteiger partial charge in [0.05, 0.1) is 6.20 Å². The van der Waals surface area contributed by atoms with Gasteiger partial charge in [0.2, 0.25) is 0 Å². The maximum atomic E-state index is 4.06. The lowest BCUT2D eigenvalue weighted by atomic mass is 9.90. The zero-order valence-electron chi connectivity index (χ0n) is 10.8. The Morgan fingerprint density at radius 2 is 2.17 bits per heavy atom. The molecule has 0 bridgehead atoms. The SMILES string of the molecule is Cc1[nH]ncc1CNc1cccc2c1CCCC2. The molecule has 0 spiro atoms. The minimum absolute atomic E-state index is 0.846. The van der Waals surface area contributed by atoms with Crippen LogP contribution in [0.15, 0.2) is 24.4 Å². The van der Waals surface area contributed by atoms with Crippen molar-refractivity contribution in [2.24, 2.45) is 0 Å². The Hall–Kier alpha value is -1.77. The number of rotatable bonds is 3. The molecule has 3 heteroatoms. The minimum atomic E-state index is 0.846. The highest BCUT2D eigenvalue weighted by Crippen LogP contribution is 2.28. The quantitative estimate of drug-likeness (QED) is 0.866. The average molecular weight is 241 g/mol. The van der Waals surface area contributed by atoms with Crippen molar-refractivity contribution in [3.8, 4) is 0 Å². The van der Waals surface area contributed by atoms with Crippen molar-refractivity contribution < 1.29 is 0 Å². The van der Waals surface area contributed by atoms with Crippen LogP contribution in [0.3, 0.4) is 0 Å². The number of aromatic nitrogens is 2. The van der Waals surface area contributed by atoms with Gasteiger partial charge in [-0.05, 0) is 49.8 Å². The summed E-state index contributed by atoms with van der Waals surface area (Å²) in [7, 11) is 0. The molecule has 0 unspecified atom stereocenters. The fourth-order valence-electron chi connectivity index (χ4n) is 2.69. The molecule has 0 saturated carbocycles. The summed E-state index contributed by atoms with van der Waals surface area (Å²) in [5, 5.41) is 10.6. The number of aromatic amines is 1. The van der Waals surface area contributed by atoms with Crippen LogP contribution >= 0.6 is 0 Å². The molecule has 3 nitrogen and oxygen atoms in total. The molecule has 1 aromatic heterocycles. The van der Waals surface area contributed by atoms with Crippen molar-refractivity contribution >= 4 is 5.69 Å². The number of nitrogens with one attached hydrogen (secondary N) is 2. The lowest BCUT2D eigenvalue weighted by Gasteiger charge is -2.20. The van der Waals surface area contributed by atoms with Crippen LogP contribution in [-0.4, -0.2) is 10.2 Å². The maximum Gasteiger partial charge on any atom is 0.0539 e. The second-order valence-electron chi connectivity index (χ2n) is 5.02. The van der Waals surface area contributed by atoms with Gasteiger partial charge in [-0.25, -0.2) is 0 Å². The molecule has 94 valence electrons. The molecule has 0 radical (unpaired) electrons. The van der Waals surface area contributed by atoms with Gasteiger partial charge in [0.15, 0.2) is 0 Å². The van der Waals surface area contributed by atoms with Crippen LogP contribution in [0.2, 0.25) is 0 Å². The van der Waals surface area contributed by atoms with E-state index in [4.69, 9.17) is 0 Å². The smallest absolute Gasteiger partial charge is 0.0539 e. The molecule has 0 aliphatic heterocycles. The number of hydrogen-bond donors (Lipinski definition) is 2. The third-order valence-corrected chi connectivity index (χ3v) is 3.80. The monoisotopic (exact) mass is 241 g/mol. The van der Waals surface area contributed by atoms with E-state index in [1.807, 2.05) is 6.20 Å². The van der Waals surface area contributed by atoms with Gasteiger partial charge in [0.25, 0.3) is 0 Å². The third-order valence-electron chi connectivity index (χ3n) is 3.80. The van der Waals surface area contributed by atoms with Crippen LogP contribution < -0.4 is 5.32 Å². The van der Waals surface area contributed by atoms with Gasteiger partial charge in [-0.15, -0.1) is 0 Å². The first-order valence-electron chi connectivity index (χ1n) is 6.68. The van der Waals surface area contributed by atoms with Gasteiger partial charge in [0.1, 0.15) is 0 Å². The normalized spacial score (nSPS) is 14.3. The van der Waals surface area contributed by atoms with E-state index < -0.39 is 0 Å². The largest absolute Gasteiger partial charge is 0.381 e. The second kappa shape index (κ2) is 4.84. The van der Waals surface area contributed by atoms with E-state index in [1.165, 1.54) is 48.1 Å². The van der Waals surface area contributed by atoms with E-state index in [-0.39, 0.29) is 0 Å². The lowest BCUT2D eigenvalue weighted by Crippen LogP contribution is -2.08. The van der Waals surface area contributed by atoms with E-state index in [0.29, 0.717) is 0 Å². The summed E-state index contributed by atoms with van der Waals surface area (Å²) in [5.74, 6) is 0. The molecule has 2 N–H and O–H groups in total. The van der Waals surface area contributed by atoms with Gasteiger partial charge in [-0.2, -0.15) is 5.10 Å². The number of H-pyrrole nitrogens is 1. The Balaban J connectivity index is 1.79. The first-order chi connectivity index (χ1) is 8.84. The molecule has 1 aliphatic rings. The summed E-state index contributed by atoms with van der Waals surface area (Å²) in [4.78, 5) is 0. The Bertz CT molecular complexity index is 542. The predicted molar refractivity (Wildman–Crippen MR) is 73.7 cm³/mol. The number of fused-ring (bicyclic) bond motifs is 1. The zero-order valence-corrected chi connectivity index (χ0v) is 10.8. The van der Waals surface area contributed by atoms with Crippen LogP contribution in [0.1, 0.15) is 35.2 Å². The molecule has 18 heavy (non-hydrogen) atoms. The molecule has 1 heterocycles. The predicted octanol–water partition coefficient (Wildman–Crippen LogP) is 3.21. The Kier molecular flexibility index (Phi) is 3.05. The molecule has 0 amide bonds. The summed E-state index contributed by atoms with van der Waals surface area (Å²) in [6.07, 6.45) is 6.99. The summed E-state index contributed by atoms with van der Waals surface area (Å²) in [5.41, 5.74) is 6.73. The van der Waals surface area contributed by atoms with E-state index in [0.717, 1.165) is 12.2 Å². The van der Waals surface area contributed by atoms with Crippen molar-refractivity contribution in [3.05, 3.63) is 46.8 Å². The molecule has 2 aromatic rings. The number of benzene rings is 1. The molecular weight excluding hydrogens is 222 g/mol. The molecule has 1 aliphatic carbocycles.